The van der Waals surface area contributed by atoms with Gasteiger partial charge in [0.05, 0.1) is 30.6 Å². The van der Waals surface area contributed by atoms with Gasteiger partial charge in [-0.3, -0.25) is 4.79 Å². The molecule has 0 aliphatic heterocycles. The van der Waals surface area contributed by atoms with Gasteiger partial charge < -0.3 is 19.6 Å². The molecule has 3 rings (SSSR count). The van der Waals surface area contributed by atoms with Crippen molar-refractivity contribution in [3.63, 3.8) is 0 Å². The molecule has 3 aromatic rings. The Morgan fingerprint density at radius 2 is 1.93 bits per heavy atom. The van der Waals surface area contributed by atoms with Crippen LogP contribution in [0.3, 0.4) is 0 Å². The minimum Gasteiger partial charge on any atom is -0.496 e. The Hall–Kier alpha value is -3.12. The number of amides is 1. The Labute approximate surface area is 162 Å². The number of aliphatic hydroxyl groups is 1. The van der Waals surface area contributed by atoms with Crippen molar-refractivity contribution in [2.75, 3.05) is 13.7 Å². The highest BCUT2D eigenvalue weighted by Gasteiger charge is 2.18. The summed E-state index contributed by atoms with van der Waals surface area (Å²) < 4.78 is 10.8. The lowest BCUT2D eigenvalue weighted by Gasteiger charge is -2.14. The van der Waals surface area contributed by atoms with Gasteiger partial charge in [0.2, 0.25) is 5.91 Å². The highest BCUT2D eigenvalue weighted by atomic mass is 16.5. The van der Waals surface area contributed by atoms with Gasteiger partial charge >= 0.3 is 5.63 Å². The van der Waals surface area contributed by atoms with E-state index >= 15 is 0 Å². The summed E-state index contributed by atoms with van der Waals surface area (Å²) in [6.45, 7) is 3.72. The standard InChI is InChI=1S/C22H23NO5/c1-13-9-18(27-3)21-14(2)16(22(26)28-19(21)10-13)11-20(25)23-12-17(24)15-7-5-4-6-8-15/h4-10,17,24H,11-12H2,1-3H3,(H,23,25)/t17-/m1/s1. The van der Waals surface area contributed by atoms with Gasteiger partial charge in [-0.2, -0.15) is 0 Å². The monoisotopic (exact) mass is 381 g/mol. The molecule has 0 radical (unpaired) electrons. The van der Waals surface area contributed by atoms with Crippen molar-refractivity contribution in [1.82, 2.24) is 5.32 Å². The van der Waals surface area contributed by atoms with Crippen molar-refractivity contribution in [3.8, 4) is 5.75 Å². The van der Waals surface area contributed by atoms with Gasteiger partial charge in [0.25, 0.3) is 0 Å². The van der Waals surface area contributed by atoms with Crippen molar-refractivity contribution < 1.29 is 19.1 Å². The van der Waals surface area contributed by atoms with Crippen molar-refractivity contribution >= 4 is 16.9 Å². The summed E-state index contributed by atoms with van der Waals surface area (Å²) in [5.74, 6) is 0.230. The van der Waals surface area contributed by atoms with E-state index < -0.39 is 11.7 Å². The number of nitrogens with one attached hydrogen (secondary N) is 1. The first-order chi connectivity index (χ1) is 13.4. The summed E-state index contributed by atoms with van der Waals surface area (Å²) in [5.41, 5.74) is 2.44. The number of rotatable bonds is 6. The first kappa shape index (κ1) is 19.6. The average Bonchev–Trinajstić information content (AvgIpc) is 2.69. The number of carbonyl (C=O) groups is 1. The van der Waals surface area contributed by atoms with E-state index in [2.05, 4.69) is 5.32 Å². The number of methoxy groups -OCH3 is 1. The molecule has 0 fully saturated rings. The summed E-state index contributed by atoms with van der Waals surface area (Å²) in [5, 5.41) is 13.5. The first-order valence-corrected chi connectivity index (χ1v) is 9.01. The summed E-state index contributed by atoms with van der Waals surface area (Å²) in [7, 11) is 1.55. The topological polar surface area (TPSA) is 88.8 Å². The van der Waals surface area contributed by atoms with Crippen molar-refractivity contribution in [3.05, 3.63) is 75.1 Å². The second-order valence-electron chi connectivity index (χ2n) is 6.74. The lowest BCUT2D eigenvalue weighted by atomic mass is 10.0. The number of benzene rings is 2. The van der Waals surface area contributed by atoms with Crippen LogP contribution in [0.2, 0.25) is 0 Å². The lowest BCUT2D eigenvalue weighted by Crippen LogP contribution is -2.31. The number of carbonyl (C=O) groups excluding carboxylic acids is 1. The fourth-order valence-corrected chi connectivity index (χ4v) is 3.23. The molecular weight excluding hydrogens is 358 g/mol. The SMILES string of the molecule is COc1cc(C)cc2oc(=O)c(CC(=O)NC[C@@H](O)c3ccccc3)c(C)c12. The number of hydrogen-bond donors (Lipinski definition) is 2. The largest absolute Gasteiger partial charge is 0.496 e. The van der Waals surface area contributed by atoms with Crippen LogP contribution in [0.5, 0.6) is 5.75 Å². The molecule has 2 N–H and O–H groups in total. The summed E-state index contributed by atoms with van der Waals surface area (Å²) in [4.78, 5) is 24.8. The van der Waals surface area contributed by atoms with Gasteiger partial charge in [-0.15, -0.1) is 0 Å². The third-order valence-electron chi connectivity index (χ3n) is 4.72. The minimum atomic E-state index is -0.817. The fourth-order valence-electron chi connectivity index (χ4n) is 3.23. The van der Waals surface area contributed by atoms with E-state index in [-0.39, 0.29) is 24.4 Å². The van der Waals surface area contributed by atoms with E-state index in [0.717, 1.165) is 5.56 Å². The van der Waals surface area contributed by atoms with Crippen molar-refractivity contribution in [1.29, 1.82) is 0 Å². The molecular formula is C22H23NO5. The third kappa shape index (κ3) is 4.07. The van der Waals surface area contributed by atoms with Crippen LogP contribution >= 0.6 is 0 Å². The minimum absolute atomic E-state index is 0.0589. The molecule has 0 aliphatic carbocycles. The van der Waals surface area contributed by atoms with Crippen LogP contribution in [0, 0.1) is 13.8 Å². The smallest absolute Gasteiger partial charge is 0.340 e. The van der Waals surface area contributed by atoms with Gasteiger partial charge in [-0.25, -0.2) is 4.79 Å². The molecule has 2 aromatic carbocycles. The Balaban J connectivity index is 1.81. The molecule has 6 heteroatoms. The van der Waals surface area contributed by atoms with E-state index in [0.29, 0.717) is 27.8 Å². The molecule has 28 heavy (non-hydrogen) atoms. The van der Waals surface area contributed by atoms with E-state index in [9.17, 15) is 14.7 Å². The second-order valence-corrected chi connectivity index (χ2v) is 6.74. The maximum Gasteiger partial charge on any atom is 0.340 e. The molecule has 0 bridgehead atoms. The Morgan fingerprint density at radius 3 is 2.61 bits per heavy atom. The molecule has 6 nitrogen and oxygen atoms in total. The third-order valence-corrected chi connectivity index (χ3v) is 4.72. The number of fused-ring (bicyclic) bond motifs is 1. The molecule has 0 saturated heterocycles. The Kier molecular flexibility index (Phi) is 5.80. The van der Waals surface area contributed by atoms with E-state index in [4.69, 9.17) is 9.15 Å². The zero-order valence-corrected chi connectivity index (χ0v) is 16.1. The van der Waals surface area contributed by atoms with Crippen LogP contribution < -0.4 is 15.7 Å². The van der Waals surface area contributed by atoms with E-state index in [1.165, 1.54) is 0 Å². The molecule has 1 heterocycles. The normalized spacial score (nSPS) is 12.0. The van der Waals surface area contributed by atoms with Crippen molar-refractivity contribution in [2.24, 2.45) is 0 Å². The number of ether oxygens (including phenoxy) is 1. The van der Waals surface area contributed by atoms with E-state index in [1.807, 2.05) is 31.2 Å². The Bertz CT molecular complexity index is 1060. The molecule has 1 amide bonds. The van der Waals surface area contributed by atoms with Crippen LogP contribution in [-0.2, 0) is 11.2 Å². The molecule has 0 spiro atoms. The maximum atomic E-state index is 12.4. The van der Waals surface area contributed by atoms with Crippen LogP contribution in [-0.4, -0.2) is 24.7 Å². The molecule has 0 unspecified atom stereocenters. The highest BCUT2D eigenvalue weighted by molar-refractivity contribution is 5.89. The first-order valence-electron chi connectivity index (χ1n) is 9.01. The van der Waals surface area contributed by atoms with E-state index in [1.54, 1.807) is 32.2 Å². The summed E-state index contributed by atoms with van der Waals surface area (Å²) >= 11 is 0. The van der Waals surface area contributed by atoms with Gasteiger partial charge in [-0.05, 0) is 42.7 Å². The maximum absolute atomic E-state index is 12.4. The number of hydrogen-bond acceptors (Lipinski definition) is 5. The lowest BCUT2D eigenvalue weighted by molar-refractivity contribution is -0.120. The molecule has 1 atom stereocenters. The van der Waals surface area contributed by atoms with Crippen LogP contribution in [0.15, 0.2) is 51.7 Å². The molecule has 1 aromatic heterocycles. The van der Waals surface area contributed by atoms with Crippen molar-refractivity contribution in [2.45, 2.75) is 26.4 Å². The van der Waals surface area contributed by atoms with Gasteiger partial charge in [0, 0.05) is 6.54 Å². The van der Waals surface area contributed by atoms with Gasteiger partial charge in [0.1, 0.15) is 11.3 Å². The molecule has 0 aliphatic rings. The zero-order chi connectivity index (χ0) is 20.3. The van der Waals surface area contributed by atoms with Crippen LogP contribution in [0.4, 0.5) is 0 Å². The van der Waals surface area contributed by atoms with Crippen LogP contribution in [0.25, 0.3) is 11.0 Å². The quantitative estimate of drug-likeness (QED) is 0.641. The second kappa shape index (κ2) is 8.27. The molecule has 0 saturated carbocycles. The van der Waals surface area contributed by atoms with Gasteiger partial charge in [-0.1, -0.05) is 30.3 Å². The molecule has 146 valence electrons. The zero-order valence-electron chi connectivity index (χ0n) is 16.1. The summed E-state index contributed by atoms with van der Waals surface area (Å²) in [6, 6.07) is 12.7. The van der Waals surface area contributed by atoms with Gasteiger partial charge in [0.15, 0.2) is 0 Å². The fraction of sp³-hybridized carbons (Fsp3) is 0.273. The predicted octanol–water partition coefficient (Wildman–Crippen LogP) is 2.81. The Morgan fingerprint density at radius 1 is 1.21 bits per heavy atom. The number of aryl methyl sites for hydroxylation is 2. The van der Waals surface area contributed by atoms with Crippen LogP contribution in [0.1, 0.15) is 28.4 Å². The number of aliphatic hydroxyl groups excluding tert-OH is 1. The predicted molar refractivity (Wildman–Crippen MR) is 107 cm³/mol. The average molecular weight is 381 g/mol. The highest BCUT2D eigenvalue weighted by Crippen LogP contribution is 2.30. The summed E-state index contributed by atoms with van der Waals surface area (Å²) in [6.07, 6.45) is -0.954.